The van der Waals surface area contributed by atoms with Crippen LogP contribution < -0.4 is 10.6 Å². The van der Waals surface area contributed by atoms with Crippen LogP contribution in [-0.4, -0.2) is 28.3 Å². The van der Waals surface area contributed by atoms with Crippen LogP contribution in [0.5, 0.6) is 0 Å². The van der Waals surface area contributed by atoms with E-state index in [1.807, 2.05) is 0 Å². The minimum atomic E-state index is -4.47. The van der Waals surface area contributed by atoms with E-state index in [4.69, 9.17) is 11.6 Å². The van der Waals surface area contributed by atoms with Gasteiger partial charge in [-0.15, -0.1) is 0 Å². The number of anilines is 1. The Balaban J connectivity index is 2.17. The van der Waals surface area contributed by atoms with Crippen LogP contribution in [0.2, 0.25) is 0 Å². The highest BCUT2D eigenvalue weighted by Gasteiger charge is 2.27. The number of benzene rings is 1. The van der Waals surface area contributed by atoms with Gasteiger partial charge in [0, 0.05) is 23.3 Å². The molecule has 0 fully saturated rings. The van der Waals surface area contributed by atoms with Crippen molar-refractivity contribution in [3.05, 3.63) is 54.0 Å². The van der Waals surface area contributed by atoms with Crippen molar-refractivity contribution >= 4 is 29.4 Å². The zero-order chi connectivity index (χ0) is 19.3. The summed E-state index contributed by atoms with van der Waals surface area (Å²) in [5, 5.41) is 4.55. The number of imidazole rings is 1. The lowest BCUT2D eigenvalue weighted by molar-refractivity contribution is -0.122. The Bertz CT molecular complexity index is 843. The van der Waals surface area contributed by atoms with Crippen molar-refractivity contribution in [1.82, 2.24) is 14.9 Å². The number of carbonyl (C=O) groups is 1. The highest BCUT2D eigenvalue weighted by Crippen LogP contribution is 2.24. The second kappa shape index (κ2) is 8.09. The number of nitrogens with zero attached hydrogens (tertiary/aromatic N) is 2. The fraction of sp³-hybridized carbons (Fsp3) is 0.176. The summed E-state index contributed by atoms with van der Waals surface area (Å²) in [6.07, 6.45) is 0.289. The van der Waals surface area contributed by atoms with E-state index in [0.29, 0.717) is 16.5 Å². The first kappa shape index (κ1) is 19.6. The molecule has 1 aromatic heterocycles. The summed E-state index contributed by atoms with van der Waals surface area (Å²) < 4.78 is 38.2. The molecule has 0 aliphatic heterocycles. The summed E-state index contributed by atoms with van der Waals surface area (Å²) in [5.41, 5.74) is 1.82. The van der Waals surface area contributed by atoms with E-state index < -0.39 is 18.8 Å². The smallest absolute Gasteiger partial charge is 0.329 e. The standard InChI is InChI=1S/C17H16ClF3N4O/c1-3-12(18)8-15-22-9-14(25(15)2)11-5-4-6-13(7-11)24-16(26)23-10-17(19,20)21/h3-9H,1,10H2,2H3,(H2,23,24,26)/b12-8+. The molecule has 0 saturated carbocycles. The van der Waals surface area contributed by atoms with E-state index in [-0.39, 0.29) is 0 Å². The molecule has 2 aromatic rings. The molecule has 5 nitrogen and oxygen atoms in total. The number of aromatic nitrogens is 2. The monoisotopic (exact) mass is 384 g/mol. The first-order valence-corrected chi connectivity index (χ1v) is 7.81. The summed E-state index contributed by atoms with van der Waals surface area (Å²) in [7, 11) is 1.79. The molecule has 2 amide bonds. The number of nitrogens with one attached hydrogen (secondary N) is 2. The van der Waals surface area contributed by atoms with Crippen LogP contribution in [0, 0.1) is 0 Å². The molecule has 9 heteroatoms. The highest BCUT2D eigenvalue weighted by atomic mass is 35.5. The van der Waals surface area contributed by atoms with Gasteiger partial charge in [0.1, 0.15) is 12.4 Å². The van der Waals surface area contributed by atoms with E-state index in [9.17, 15) is 18.0 Å². The van der Waals surface area contributed by atoms with Crippen molar-refractivity contribution in [2.75, 3.05) is 11.9 Å². The first-order valence-electron chi connectivity index (χ1n) is 7.43. The Labute approximate surface area is 153 Å². The van der Waals surface area contributed by atoms with Gasteiger partial charge < -0.3 is 15.2 Å². The highest BCUT2D eigenvalue weighted by molar-refractivity contribution is 6.33. The Morgan fingerprint density at radius 2 is 2.15 bits per heavy atom. The molecule has 0 atom stereocenters. The lowest BCUT2D eigenvalue weighted by Gasteiger charge is -2.11. The average Bonchev–Trinajstić information content (AvgIpc) is 2.93. The normalized spacial score (nSPS) is 12.0. The third-order valence-electron chi connectivity index (χ3n) is 3.35. The first-order chi connectivity index (χ1) is 12.2. The topological polar surface area (TPSA) is 59.0 Å². The molecule has 138 valence electrons. The van der Waals surface area contributed by atoms with Gasteiger partial charge in [-0.1, -0.05) is 36.4 Å². The summed E-state index contributed by atoms with van der Waals surface area (Å²) in [6.45, 7) is 2.16. The van der Waals surface area contributed by atoms with Crippen molar-refractivity contribution < 1.29 is 18.0 Å². The molecule has 0 bridgehead atoms. The predicted octanol–water partition coefficient (Wildman–Crippen LogP) is 4.54. The molecule has 0 saturated heterocycles. The summed E-state index contributed by atoms with van der Waals surface area (Å²) in [6, 6.07) is 5.73. The van der Waals surface area contributed by atoms with Gasteiger partial charge >= 0.3 is 12.2 Å². The van der Waals surface area contributed by atoms with Crippen LogP contribution in [-0.2, 0) is 7.05 Å². The van der Waals surface area contributed by atoms with Crippen molar-refractivity contribution in [3.8, 4) is 11.3 Å². The van der Waals surface area contributed by atoms with Gasteiger partial charge in [-0.05, 0) is 18.2 Å². The number of hydrogen-bond donors (Lipinski definition) is 2. The van der Waals surface area contributed by atoms with Crippen LogP contribution in [0.25, 0.3) is 17.3 Å². The third-order valence-corrected chi connectivity index (χ3v) is 3.62. The maximum atomic E-state index is 12.1. The fourth-order valence-corrected chi connectivity index (χ4v) is 2.22. The van der Waals surface area contributed by atoms with E-state index in [1.54, 1.807) is 53.5 Å². The van der Waals surface area contributed by atoms with Gasteiger partial charge in [-0.2, -0.15) is 13.2 Å². The van der Waals surface area contributed by atoms with Crippen molar-refractivity contribution in [3.63, 3.8) is 0 Å². The number of hydrogen-bond acceptors (Lipinski definition) is 2. The Morgan fingerprint density at radius 1 is 1.42 bits per heavy atom. The Hall–Kier alpha value is -2.74. The largest absolute Gasteiger partial charge is 0.405 e. The lowest BCUT2D eigenvalue weighted by atomic mass is 10.1. The summed E-state index contributed by atoms with van der Waals surface area (Å²) >= 11 is 5.93. The lowest BCUT2D eigenvalue weighted by Crippen LogP contribution is -2.36. The van der Waals surface area contributed by atoms with Crippen molar-refractivity contribution in [2.45, 2.75) is 6.18 Å². The third kappa shape index (κ3) is 5.38. The number of carbonyl (C=O) groups excluding carboxylic acids is 1. The molecular weight excluding hydrogens is 369 g/mol. The molecule has 1 aromatic carbocycles. The molecule has 1 heterocycles. The zero-order valence-corrected chi connectivity index (χ0v) is 14.5. The van der Waals surface area contributed by atoms with Crippen LogP contribution >= 0.6 is 11.6 Å². The number of rotatable bonds is 5. The number of urea groups is 1. The van der Waals surface area contributed by atoms with Crippen molar-refractivity contribution in [2.24, 2.45) is 7.05 Å². The molecule has 0 spiro atoms. The van der Waals surface area contributed by atoms with Gasteiger partial charge in [0.25, 0.3) is 0 Å². The minimum Gasteiger partial charge on any atom is -0.329 e. The van der Waals surface area contributed by atoms with Crippen molar-refractivity contribution in [1.29, 1.82) is 0 Å². The second-order valence-electron chi connectivity index (χ2n) is 5.30. The molecule has 2 rings (SSSR count). The molecule has 0 unspecified atom stereocenters. The number of alkyl halides is 3. The maximum Gasteiger partial charge on any atom is 0.405 e. The van der Waals surface area contributed by atoms with Gasteiger partial charge in [-0.25, -0.2) is 9.78 Å². The van der Waals surface area contributed by atoms with E-state index in [2.05, 4.69) is 16.9 Å². The molecular formula is C17H16ClF3N4O. The van der Waals surface area contributed by atoms with Crippen LogP contribution in [0.1, 0.15) is 5.82 Å². The van der Waals surface area contributed by atoms with Gasteiger partial charge in [0.15, 0.2) is 0 Å². The Morgan fingerprint density at radius 3 is 2.81 bits per heavy atom. The maximum absolute atomic E-state index is 12.1. The number of allylic oxidation sites excluding steroid dienone is 2. The Kier molecular flexibility index (Phi) is 6.10. The SMILES string of the molecule is C=C/C(Cl)=C\c1ncc(-c2cccc(NC(=O)NCC(F)(F)F)c2)n1C. The van der Waals surface area contributed by atoms with Gasteiger partial charge in [-0.3, -0.25) is 0 Å². The van der Waals surface area contributed by atoms with Crippen LogP contribution in [0.15, 0.2) is 48.1 Å². The summed E-state index contributed by atoms with van der Waals surface area (Å²) in [5.74, 6) is 0.603. The van der Waals surface area contributed by atoms with E-state index in [0.717, 1.165) is 11.3 Å². The number of halogens is 4. The van der Waals surface area contributed by atoms with E-state index in [1.165, 1.54) is 6.08 Å². The second-order valence-corrected chi connectivity index (χ2v) is 5.73. The molecule has 0 aliphatic carbocycles. The van der Waals surface area contributed by atoms with Crippen LogP contribution in [0.4, 0.5) is 23.7 Å². The number of amides is 2. The molecule has 0 radical (unpaired) electrons. The fourth-order valence-electron chi connectivity index (χ4n) is 2.12. The summed E-state index contributed by atoms with van der Waals surface area (Å²) in [4.78, 5) is 15.8. The minimum absolute atomic E-state index is 0.351. The van der Waals surface area contributed by atoms with Crippen LogP contribution in [0.3, 0.4) is 0 Å². The van der Waals surface area contributed by atoms with Gasteiger partial charge in [0.2, 0.25) is 0 Å². The predicted molar refractivity (Wildman–Crippen MR) is 95.7 cm³/mol. The van der Waals surface area contributed by atoms with E-state index >= 15 is 0 Å². The molecule has 0 aliphatic rings. The van der Waals surface area contributed by atoms with Gasteiger partial charge in [0.05, 0.1) is 11.9 Å². The molecule has 26 heavy (non-hydrogen) atoms. The quantitative estimate of drug-likeness (QED) is 0.744. The average molecular weight is 385 g/mol. The molecule has 2 N–H and O–H groups in total. The zero-order valence-electron chi connectivity index (χ0n) is 13.8.